The minimum atomic E-state index is -1.10. The number of nitrogens with zero attached hydrogens (tertiary/aromatic N) is 2. The van der Waals surface area contributed by atoms with Crippen molar-refractivity contribution < 1.29 is 43.3 Å². The summed E-state index contributed by atoms with van der Waals surface area (Å²) in [7, 11) is 0. The number of rotatable bonds is 20. The maximum Gasteiger partial charge on any atom is 0.312 e. The molecule has 7 N–H and O–H groups in total. The highest BCUT2D eigenvalue weighted by Crippen LogP contribution is 2.23. The lowest BCUT2D eigenvalue weighted by molar-refractivity contribution is -0.137. The van der Waals surface area contributed by atoms with Crippen LogP contribution in [-0.2, 0) is 40.1 Å². The molecule has 44 heavy (non-hydrogen) atoms. The van der Waals surface area contributed by atoms with Gasteiger partial charge in [-0.15, -0.1) is 0 Å². The first-order chi connectivity index (χ1) is 21.0. The smallest absolute Gasteiger partial charge is 0.312 e. The number of carbonyl (C=O) groups excluding carboxylic acids is 6. The van der Waals surface area contributed by atoms with Crippen molar-refractivity contribution in [2.75, 3.05) is 44.4 Å². The highest BCUT2D eigenvalue weighted by atomic mass is 16.5. The Morgan fingerprint density at radius 1 is 0.955 bits per heavy atom. The second-order valence-corrected chi connectivity index (χ2v) is 10.3. The Hall–Kier alpha value is -4.34. The monoisotopic (exact) mass is 618 g/mol. The maximum absolute atomic E-state index is 13.9. The van der Waals surface area contributed by atoms with Crippen LogP contribution in [0.3, 0.4) is 0 Å². The third-order valence-corrected chi connectivity index (χ3v) is 6.68. The molecule has 1 aromatic carbocycles. The molecule has 2 rings (SSSR count). The Morgan fingerprint density at radius 3 is 2.11 bits per heavy atom. The van der Waals surface area contributed by atoms with E-state index in [1.807, 2.05) is 0 Å². The molecular weight excluding hydrogens is 576 g/mol. The van der Waals surface area contributed by atoms with E-state index in [1.165, 1.54) is 17.1 Å². The lowest BCUT2D eigenvalue weighted by atomic mass is 9.99. The van der Waals surface area contributed by atoms with Crippen LogP contribution in [0.15, 0.2) is 36.4 Å². The fourth-order valence-electron chi connectivity index (χ4n) is 4.33. The lowest BCUT2D eigenvalue weighted by Crippen LogP contribution is -2.57. The van der Waals surface area contributed by atoms with Gasteiger partial charge < -0.3 is 36.7 Å². The van der Waals surface area contributed by atoms with Crippen molar-refractivity contribution in [3.05, 3.63) is 42.0 Å². The van der Waals surface area contributed by atoms with Crippen LogP contribution in [0, 0.1) is 5.92 Å². The number of ether oxygens (including phenoxy) is 2. The van der Waals surface area contributed by atoms with Crippen LogP contribution in [0.4, 0.5) is 10.5 Å². The van der Waals surface area contributed by atoms with Crippen LogP contribution in [-0.4, -0.2) is 97.2 Å². The summed E-state index contributed by atoms with van der Waals surface area (Å²) in [6.07, 6.45) is 2.75. The van der Waals surface area contributed by atoms with Crippen molar-refractivity contribution in [3.63, 3.8) is 0 Å². The number of carbonyl (C=O) groups is 6. The highest BCUT2D eigenvalue weighted by Gasteiger charge is 2.36. The fraction of sp³-hybridized carbons (Fsp3) is 0.517. The zero-order valence-electron chi connectivity index (χ0n) is 25.0. The first-order valence-corrected chi connectivity index (χ1v) is 14.3. The topological polar surface area (TPSA) is 224 Å². The predicted octanol–water partition coefficient (Wildman–Crippen LogP) is -0.697. The van der Waals surface area contributed by atoms with E-state index in [4.69, 9.17) is 20.9 Å². The van der Waals surface area contributed by atoms with E-state index < -0.39 is 35.8 Å². The number of anilines is 1. The summed E-state index contributed by atoms with van der Waals surface area (Å²) in [5.41, 5.74) is 11.8. The van der Waals surface area contributed by atoms with Crippen LogP contribution < -0.4 is 27.0 Å². The number of aliphatic hydroxyl groups is 1. The van der Waals surface area contributed by atoms with Gasteiger partial charge in [-0.1, -0.05) is 26.0 Å². The minimum Gasteiger partial charge on any atom is -0.392 e. The van der Waals surface area contributed by atoms with Gasteiger partial charge in [0.05, 0.1) is 39.6 Å². The molecule has 0 radical (unpaired) electrons. The van der Waals surface area contributed by atoms with E-state index in [0.29, 0.717) is 17.7 Å². The Bertz CT molecular complexity index is 1170. The molecule has 0 saturated carbocycles. The number of amides is 7. The van der Waals surface area contributed by atoms with Gasteiger partial charge in [-0.25, -0.2) is 4.79 Å². The molecule has 0 bridgehead atoms. The van der Waals surface area contributed by atoms with Crippen molar-refractivity contribution >= 4 is 41.3 Å². The number of imide groups is 1. The summed E-state index contributed by atoms with van der Waals surface area (Å²) >= 11 is 0. The molecule has 0 aliphatic carbocycles. The van der Waals surface area contributed by atoms with Gasteiger partial charge in [0.2, 0.25) is 11.8 Å². The largest absolute Gasteiger partial charge is 0.392 e. The fourth-order valence-corrected chi connectivity index (χ4v) is 4.33. The van der Waals surface area contributed by atoms with Gasteiger partial charge in [0.25, 0.3) is 17.7 Å². The first-order valence-electron chi connectivity index (χ1n) is 14.3. The molecule has 1 aliphatic rings. The summed E-state index contributed by atoms with van der Waals surface area (Å²) in [6, 6.07) is 3.53. The zero-order chi connectivity index (χ0) is 32.6. The molecule has 0 aromatic heterocycles. The Balaban J connectivity index is 1.97. The second-order valence-electron chi connectivity index (χ2n) is 10.3. The van der Waals surface area contributed by atoms with E-state index in [0.717, 1.165) is 4.90 Å². The maximum atomic E-state index is 13.9. The quantitative estimate of drug-likeness (QED) is 0.0919. The van der Waals surface area contributed by atoms with E-state index in [9.17, 15) is 33.9 Å². The summed E-state index contributed by atoms with van der Waals surface area (Å²) in [4.78, 5) is 75.7. The summed E-state index contributed by atoms with van der Waals surface area (Å²) in [5, 5.41) is 14.6. The van der Waals surface area contributed by atoms with Crippen LogP contribution in [0.5, 0.6) is 0 Å². The number of urea groups is 1. The SMILES string of the molecule is CC(C)C(NC(=O)CCOCCOCCN1C(=O)C=CC1=O)C(=O)N(c1ccc(CO)cc1)C(CCCNC(N)=O)C(N)=O. The van der Waals surface area contributed by atoms with E-state index >= 15 is 0 Å². The van der Waals surface area contributed by atoms with Crippen LogP contribution in [0.2, 0.25) is 0 Å². The molecule has 15 heteroatoms. The van der Waals surface area contributed by atoms with Gasteiger partial charge in [0, 0.05) is 30.8 Å². The molecule has 7 amide bonds. The highest BCUT2D eigenvalue weighted by molar-refractivity contribution is 6.12. The minimum absolute atomic E-state index is 0.0460. The molecule has 0 fully saturated rings. The van der Waals surface area contributed by atoms with E-state index in [-0.39, 0.29) is 76.7 Å². The number of aliphatic hydroxyl groups excluding tert-OH is 1. The standard InChI is InChI=1S/C29H42N6O9/c1-19(2)26(33-23(37)11-14-43-16-17-44-15-13-34-24(38)9-10-25(34)39)28(41)35(21-7-5-20(18-36)6-8-21)22(27(30)40)4-3-12-32-29(31)42/h5-10,19,22,26,36H,3-4,11-18H2,1-2H3,(H2,30,40)(H,33,37)(H3,31,32,42). The number of hydrogen-bond acceptors (Lipinski definition) is 9. The zero-order valence-corrected chi connectivity index (χ0v) is 25.0. The van der Waals surface area contributed by atoms with Crippen LogP contribution >= 0.6 is 0 Å². The number of nitrogens with one attached hydrogen (secondary N) is 2. The second kappa shape index (κ2) is 18.4. The van der Waals surface area contributed by atoms with Crippen molar-refractivity contribution in [1.82, 2.24) is 15.5 Å². The average molecular weight is 619 g/mol. The van der Waals surface area contributed by atoms with E-state index in [2.05, 4.69) is 10.6 Å². The predicted molar refractivity (Wildman–Crippen MR) is 159 cm³/mol. The Labute approximate surface area is 255 Å². The molecule has 0 saturated heterocycles. The van der Waals surface area contributed by atoms with Gasteiger partial charge in [-0.2, -0.15) is 0 Å². The van der Waals surface area contributed by atoms with Crippen molar-refractivity contribution in [3.8, 4) is 0 Å². The van der Waals surface area contributed by atoms with Crippen LogP contribution in [0.1, 0.15) is 38.7 Å². The van der Waals surface area contributed by atoms with Gasteiger partial charge >= 0.3 is 6.03 Å². The van der Waals surface area contributed by atoms with Gasteiger partial charge in [-0.05, 0) is 36.5 Å². The van der Waals surface area contributed by atoms with E-state index in [1.54, 1.807) is 38.1 Å². The number of primary amides is 2. The van der Waals surface area contributed by atoms with Gasteiger partial charge in [0.15, 0.2) is 0 Å². The summed E-state index contributed by atoms with van der Waals surface area (Å²) in [5.74, 6) is -2.92. The molecule has 1 aliphatic heterocycles. The number of benzene rings is 1. The molecule has 2 unspecified atom stereocenters. The molecule has 242 valence electrons. The molecule has 15 nitrogen and oxygen atoms in total. The Kier molecular flexibility index (Phi) is 15.0. The molecule has 1 aromatic rings. The lowest BCUT2D eigenvalue weighted by Gasteiger charge is -2.34. The average Bonchev–Trinajstić information content (AvgIpc) is 3.30. The normalized spacial score (nSPS) is 14.0. The third kappa shape index (κ3) is 11.4. The number of hydrogen-bond donors (Lipinski definition) is 5. The molecule has 0 spiro atoms. The van der Waals surface area contributed by atoms with Crippen molar-refractivity contribution in [2.45, 2.75) is 51.8 Å². The van der Waals surface area contributed by atoms with Gasteiger partial charge in [-0.3, -0.25) is 33.8 Å². The summed E-state index contributed by atoms with van der Waals surface area (Å²) in [6.45, 7) is 4.12. The van der Waals surface area contributed by atoms with Crippen molar-refractivity contribution in [2.24, 2.45) is 17.4 Å². The molecule has 2 atom stereocenters. The van der Waals surface area contributed by atoms with Gasteiger partial charge in [0.1, 0.15) is 12.1 Å². The first kappa shape index (κ1) is 35.9. The van der Waals surface area contributed by atoms with Crippen LogP contribution in [0.25, 0.3) is 0 Å². The molecular formula is C29H42N6O9. The third-order valence-electron chi connectivity index (χ3n) is 6.68. The van der Waals surface area contributed by atoms with Crippen molar-refractivity contribution in [1.29, 1.82) is 0 Å². The summed E-state index contributed by atoms with van der Waals surface area (Å²) < 4.78 is 10.8. The number of nitrogens with two attached hydrogens (primary N) is 2. The molecule has 1 heterocycles. The Morgan fingerprint density at radius 2 is 1.57 bits per heavy atom.